The maximum Gasteiger partial charge on any atom is 0.331 e. The summed E-state index contributed by atoms with van der Waals surface area (Å²) in [7, 11) is 3.20. The first-order valence-electron chi connectivity index (χ1n) is 12.1. The summed E-state index contributed by atoms with van der Waals surface area (Å²) in [5.41, 5.74) is 4.74. The van der Waals surface area contributed by atoms with Crippen molar-refractivity contribution in [2.24, 2.45) is 14.1 Å². The molecule has 186 valence electrons. The number of aromatic hydroxyl groups is 1. The zero-order valence-corrected chi connectivity index (χ0v) is 20.7. The number of aromatic nitrogens is 3. The highest BCUT2D eigenvalue weighted by Crippen LogP contribution is 2.46. The molecule has 0 fully saturated rings. The molecule has 2 aromatic heterocycles. The molecule has 0 spiro atoms. The molecule has 8 nitrogen and oxygen atoms in total. The second-order valence-electron chi connectivity index (χ2n) is 9.12. The van der Waals surface area contributed by atoms with Crippen LogP contribution in [0, 0.1) is 0 Å². The standard InChI is InChI=1S/C29H26N4O4/c1-4-37-22-16-18(14-15-21(22)34)24-27-26-23(28(35)32(3)29(36)31(26)2)25(17-10-6-5-7-11-17)33(27)20-13-9-8-12-19(20)30-24/h5-16,24,30,34H,4H2,1-3H3/t24-/m1/s1. The van der Waals surface area contributed by atoms with Gasteiger partial charge in [0.05, 0.1) is 46.3 Å². The minimum absolute atomic E-state index is 0.0493. The molecule has 1 aliphatic heterocycles. The zero-order valence-electron chi connectivity index (χ0n) is 20.7. The molecule has 0 bridgehead atoms. The molecule has 3 aromatic carbocycles. The lowest BCUT2D eigenvalue weighted by molar-refractivity contribution is 0.317. The van der Waals surface area contributed by atoms with Crippen molar-refractivity contribution in [3.8, 4) is 28.4 Å². The van der Waals surface area contributed by atoms with Crippen LogP contribution < -0.4 is 21.3 Å². The van der Waals surface area contributed by atoms with Crippen molar-refractivity contribution < 1.29 is 9.84 Å². The number of phenolic OH excluding ortho intramolecular Hbond substituents is 1. The number of hydrogen-bond donors (Lipinski definition) is 2. The number of anilines is 1. The third-order valence-electron chi connectivity index (χ3n) is 6.99. The fourth-order valence-corrected chi connectivity index (χ4v) is 5.32. The lowest BCUT2D eigenvalue weighted by Gasteiger charge is -2.31. The molecule has 0 aliphatic carbocycles. The van der Waals surface area contributed by atoms with Crippen molar-refractivity contribution in [3.05, 3.63) is 105 Å². The molecule has 0 amide bonds. The second-order valence-corrected chi connectivity index (χ2v) is 9.12. The van der Waals surface area contributed by atoms with Crippen LogP contribution in [-0.4, -0.2) is 25.4 Å². The van der Waals surface area contributed by atoms with Gasteiger partial charge in [-0.05, 0) is 42.3 Å². The SMILES string of the molecule is CCOc1cc([C@H]2Nc3ccccc3-n3c(-c4ccccc4)c4c(=O)n(C)c(=O)n(C)c4c32)ccc1O. The number of nitrogens with one attached hydrogen (secondary N) is 1. The minimum Gasteiger partial charge on any atom is -0.504 e. The third-order valence-corrected chi connectivity index (χ3v) is 6.99. The van der Waals surface area contributed by atoms with Gasteiger partial charge in [0.15, 0.2) is 11.5 Å². The van der Waals surface area contributed by atoms with Gasteiger partial charge in [0, 0.05) is 14.1 Å². The number of fused-ring (bicyclic) bond motifs is 5. The van der Waals surface area contributed by atoms with Gasteiger partial charge in [-0.3, -0.25) is 13.9 Å². The molecule has 8 heteroatoms. The number of aryl methyl sites for hydroxylation is 1. The average Bonchev–Trinajstić information content (AvgIpc) is 3.29. The molecule has 0 unspecified atom stereocenters. The first kappa shape index (κ1) is 22.7. The molecule has 0 radical (unpaired) electrons. The van der Waals surface area contributed by atoms with Crippen LogP contribution in [0.15, 0.2) is 82.4 Å². The molecule has 1 aliphatic rings. The van der Waals surface area contributed by atoms with Crippen LogP contribution in [0.1, 0.15) is 24.2 Å². The monoisotopic (exact) mass is 494 g/mol. The van der Waals surface area contributed by atoms with E-state index < -0.39 is 11.7 Å². The number of ether oxygens (including phenoxy) is 1. The molecule has 2 N–H and O–H groups in total. The normalized spacial score (nSPS) is 14.2. The van der Waals surface area contributed by atoms with Gasteiger partial charge in [0.25, 0.3) is 5.56 Å². The quantitative estimate of drug-likeness (QED) is 0.389. The van der Waals surface area contributed by atoms with E-state index in [2.05, 4.69) is 9.88 Å². The lowest BCUT2D eigenvalue weighted by atomic mass is 9.99. The number of para-hydroxylation sites is 2. The summed E-state index contributed by atoms with van der Waals surface area (Å²) >= 11 is 0. The van der Waals surface area contributed by atoms with Crippen LogP contribution in [0.3, 0.4) is 0 Å². The summed E-state index contributed by atoms with van der Waals surface area (Å²) < 4.78 is 10.5. The summed E-state index contributed by atoms with van der Waals surface area (Å²) in [4.78, 5) is 26.9. The van der Waals surface area contributed by atoms with Crippen LogP contribution in [0.2, 0.25) is 0 Å². The van der Waals surface area contributed by atoms with Crippen molar-refractivity contribution in [2.75, 3.05) is 11.9 Å². The highest BCUT2D eigenvalue weighted by molar-refractivity contribution is 5.99. The van der Waals surface area contributed by atoms with Gasteiger partial charge in [-0.15, -0.1) is 0 Å². The fraction of sp³-hybridized carbons (Fsp3) is 0.172. The summed E-state index contributed by atoms with van der Waals surface area (Å²) in [5.74, 6) is 0.421. The van der Waals surface area contributed by atoms with Crippen molar-refractivity contribution in [1.82, 2.24) is 13.7 Å². The van der Waals surface area contributed by atoms with Crippen molar-refractivity contribution in [1.29, 1.82) is 0 Å². The van der Waals surface area contributed by atoms with Gasteiger partial charge in [-0.25, -0.2) is 4.79 Å². The fourth-order valence-electron chi connectivity index (χ4n) is 5.32. The number of benzene rings is 3. The smallest absolute Gasteiger partial charge is 0.331 e. The van der Waals surface area contributed by atoms with Crippen LogP contribution in [0.5, 0.6) is 11.5 Å². The predicted molar refractivity (Wildman–Crippen MR) is 144 cm³/mol. The van der Waals surface area contributed by atoms with Gasteiger partial charge in [0.2, 0.25) is 0 Å². The molecule has 37 heavy (non-hydrogen) atoms. The lowest BCUT2D eigenvalue weighted by Crippen LogP contribution is -2.37. The Labute approximate surface area is 212 Å². The highest BCUT2D eigenvalue weighted by Gasteiger charge is 2.35. The molecular formula is C29H26N4O4. The molecule has 3 heterocycles. The van der Waals surface area contributed by atoms with E-state index in [4.69, 9.17) is 4.74 Å². The summed E-state index contributed by atoms with van der Waals surface area (Å²) in [6, 6.07) is 22.4. The number of nitrogens with zero attached hydrogens (tertiary/aromatic N) is 3. The molecular weight excluding hydrogens is 468 g/mol. The maximum atomic E-state index is 13.7. The number of rotatable bonds is 4. The van der Waals surface area contributed by atoms with Crippen molar-refractivity contribution in [2.45, 2.75) is 13.0 Å². The zero-order chi connectivity index (χ0) is 25.8. The largest absolute Gasteiger partial charge is 0.504 e. The van der Waals surface area contributed by atoms with Gasteiger partial charge in [-0.1, -0.05) is 48.5 Å². The predicted octanol–water partition coefficient (Wildman–Crippen LogP) is 4.31. The van der Waals surface area contributed by atoms with E-state index in [9.17, 15) is 14.7 Å². The van der Waals surface area contributed by atoms with E-state index in [0.717, 1.165) is 38.5 Å². The summed E-state index contributed by atoms with van der Waals surface area (Å²) in [6.07, 6.45) is 0. The molecule has 5 aromatic rings. The first-order chi connectivity index (χ1) is 17.9. The van der Waals surface area contributed by atoms with E-state index in [1.54, 1.807) is 23.7 Å². The Morgan fingerprint density at radius 3 is 2.43 bits per heavy atom. The number of hydrogen-bond acceptors (Lipinski definition) is 5. The van der Waals surface area contributed by atoms with Gasteiger partial charge in [0.1, 0.15) is 0 Å². The van der Waals surface area contributed by atoms with Crippen LogP contribution in [0.4, 0.5) is 5.69 Å². The van der Waals surface area contributed by atoms with Crippen LogP contribution in [0.25, 0.3) is 27.8 Å². The third kappa shape index (κ3) is 3.29. The highest BCUT2D eigenvalue weighted by atomic mass is 16.5. The van der Waals surface area contributed by atoms with Crippen LogP contribution >= 0.6 is 0 Å². The maximum absolute atomic E-state index is 13.7. The minimum atomic E-state index is -0.438. The Morgan fingerprint density at radius 2 is 1.68 bits per heavy atom. The Kier molecular flexibility index (Phi) is 5.19. The second kappa shape index (κ2) is 8.44. The van der Waals surface area contributed by atoms with E-state index in [1.807, 2.05) is 67.6 Å². The van der Waals surface area contributed by atoms with Crippen molar-refractivity contribution >= 4 is 16.6 Å². The van der Waals surface area contributed by atoms with E-state index in [0.29, 0.717) is 23.3 Å². The van der Waals surface area contributed by atoms with Gasteiger partial charge < -0.3 is 19.7 Å². The average molecular weight is 495 g/mol. The van der Waals surface area contributed by atoms with Crippen LogP contribution in [-0.2, 0) is 14.1 Å². The summed E-state index contributed by atoms with van der Waals surface area (Å²) in [5, 5.41) is 14.4. The molecule has 0 saturated carbocycles. The van der Waals surface area contributed by atoms with Crippen molar-refractivity contribution in [3.63, 3.8) is 0 Å². The Morgan fingerprint density at radius 1 is 0.946 bits per heavy atom. The molecule has 0 saturated heterocycles. The van der Waals surface area contributed by atoms with E-state index >= 15 is 0 Å². The first-order valence-corrected chi connectivity index (χ1v) is 12.1. The molecule has 6 rings (SSSR count). The Bertz CT molecular complexity index is 1800. The number of phenols is 1. The molecule has 1 atom stereocenters. The Balaban J connectivity index is 1.81. The van der Waals surface area contributed by atoms with Gasteiger partial charge in [-0.2, -0.15) is 0 Å². The summed E-state index contributed by atoms with van der Waals surface area (Å²) in [6.45, 7) is 2.26. The van der Waals surface area contributed by atoms with Gasteiger partial charge >= 0.3 is 5.69 Å². The Hall–Kier alpha value is -4.72. The topological polar surface area (TPSA) is 90.4 Å². The van der Waals surface area contributed by atoms with E-state index in [-0.39, 0.29) is 11.3 Å². The van der Waals surface area contributed by atoms with E-state index in [1.165, 1.54) is 7.05 Å².